The topological polar surface area (TPSA) is 78.9 Å². The van der Waals surface area contributed by atoms with Crippen LogP contribution in [0.15, 0.2) is 24.3 Å². The van der Waals surface area contributed by atoms with Crippen molar-refractivity contribution in [1.29, 1.82) is 0 Å². The van der Waals surface area contributed by atoms with E-state index in [1.54, 1.807) is 26.0 Å². The molecule has 1 aliphatic carbocycles. The van der Waals surface area contributed by atoms with Gasteiger partial charge in [0.1, 0.15) is 0 Å². The molecule has 0 N–H and O–H groups in total. The van der Waals surface area contributed by atoms with Gasteiger partial charge in [0.2, 0.25) is 5.78 Å². The summed E-state index contributed by atoms with van der Waals surface area (Å²) >= 11 is 0. The van der Waals surface area contributed by atoms with E-state index in [2.05, 4.69) is 0 Å². The van der Waals surface area contributed by atoms with Gasteiger partial charge in [-0.1, -0.05) is 24.3 Å². The summed E-state index contributed by atoms with van der Waals surface area (Å²) < 4.78 is 28.2. The molecule has 2 rings (SSSR count). The summed E-state index contributed by atoms with van der Waals surface area (Å²) in [4.78, 5) is 24.5. The van der Waals surface area contributed by atoms with E-state index in [9.17, 15) is 14.2 Å². The van der Waals surface area contributed by atoms with Gasteiger partial charge in [0, 0.05) is 12.0 Å². The fourth-order valence-electron chi connectivity index (χ4n) is 2.49. The molecule has 0 bridgehead atoms. The highest BCUT2D eigenvalue weighted by Crippen LogP contribution is 2.53. The number of rotatable bonds is 7. The Kier molecular flexibility index (Phi) is 5.74. The molecule has 0 aromatic heterocycles. The number of fused-ring (bicyclic) bond motifs is 1. The van der Waals surface area contributed by atoms with Crippen molar-refractivity contribution in [2.75, 3.05) is 13.2 Å². The van der Waals surface area contributed by atoms with Gasteiger partial charge in [0.15, 0.2) is 11.8 Å². The van der Waals surface area contributed by atoms with E-state index in [0.29, 0.717) is 12.0 Å². The van der Waals surface area contributed by atoms with Crippen LogP contribution in [0.25, 0.3) is 0 Å². The first kappa shape index (κ1) is 17.9. The predicted octanol–water partition coefficient (Wildman–Crippen LogP) is 2.99. The van der Waals surface area contributed by atoms with E-state index in [1.165, 1.54) is 6.92 Å². The van der Waals surface area contributed by atoms with Gasteiger partial charge < -0.3 is 13.8 Å². The van der Waals surface area contributed by atoms with Crippen LogP contribution in [0.3, 0.4) is 0 Å². The van der Waals surface area contributed by atoms with Crippen LogP contribution in [0.5, 0.6) is 0 Å². The Balaban J connectivity index is 2.08. The third kappa shape index (κ3) is 3.71. The summed E-state index contributed by atoms with van der Waals surface area (Å²) in [5.74, 6) is -0.981. The molecule has 126 valence electrons. The number of ether oxygens (including phenoxy) is 1. The van der Waals surface area contributed by atoms with E-state index in [0.717, 1.165) is 5.56 Å². The number of ketones is 1. The molecular formula is C16H21O6P. The summed E-state index contributed by atoms with van der Waals surface area (Å²) in [6, 6.07) is 7.13. The van der Waals surface area contributed by atoms with E-state index in [-0.39, 0.29) is 19.0 Å². The van der Waals surface area contributed by atoms with Crippen molar-refractivity contribution >= 4 is 19.3 Å². The van der Waals surface area contributed by atoms with Crippen molar-refractivity contribution in [1.82, 2.24) is 0 Å². The highest BCUT2D eigenvalue weighted by Gasteiger charge is 2.41. The monoisotopic (exact) mass is 340 g/mol. The van der Waals surface area contributed by atoms with E-state index < -0.39 is 25.3 Å². The minimum absolute atomic E-state index is 0.155. The SMILES string of the molecule is CCOP(=O)(OCC)C(C)C(=O)OC1Cc2ccccc2C1=O. The molecule has 0 amide bonds. The number of hydrogen-bond donors (Lipinski definition) is 0. The molecule has 23 heavy (non-hydrogen) atoms. The van der Waals surface area contributed by atoms with Crippen LogP contribution in [0, 0.1) is 0 Å². The van der Waals surface area contributed by atoms with Crippen LogP contribution in [0.1, 0.15) is 36.7 Å². The van der Waals surface area contributed by atoms with Gasteiger partial charge in [0.05, 0.1) is 13.2 Å². The maximum absolute atomic E-state index is 12.6. The van der Waals surface area contributed by atoms with E-state index in [1.807, 2.05) is 12.1 Å². The molecule has 1 aromatic carbocycles. The molecule has 0 radical (unpaired) electrons. The molecule has 0 aliphatic heterocycles. The lowest BCUT2D eigenvalue weighted by Crippen LogP contribution is -2.30. The van der Waals surface area contributed by atoms with Crippen LogP contribution in [0.2, 0.25) is 0 Å². The van der Waals surface area contributed by atoms with Crippen molar-refractivity contribution in [2.24, 2.45) is 0 Å². The molecule has 0 heterocycles. The Morgan fingerprint density at radius 2 is 1.87 bits per heavy atom. The molecule has 0 saturated heterocycles. The molecule has 0 fully saturated rings. The zero-order valence-corrected chi connectivity index (χ0v) is 14.4. The molecule has 2 atom stereocenters. The van der Waals surface area contributed by atoms with Gasteiger partial charge in [-0.3, -0.25) is 14.2 Å². The largest absolute Gasteiger partial charge is 0.453 e. The number of carbonyl (C=O) groups excluding carboxylic acids is 2. The van der Waals surface area contributed by atoms with Crippen molar-refractivity contribution in [2.45, 2.75) is 39.0 Å². The number of hydrogen-bond acceptors (Lipinski definition) is 6. The Morgan fingerprint density at radius 3 is 2.43 bits per heavy atom. The summed E-state index contributed by atoms with van der Waals surface area (Å²) in [6.45, 7) is 5.08. The summed E-state index contributed by atoms with van der Waals surface area (Å²) in [6.07, 6.45) is -0.542. The lowest BCUT2D eigenvalue weighted by Gasteiger charge is -2.23. The van der Waals surface area contributed by atoms with Gasteiger partial charge in [-0.25, -0.2) is 0 Å². The van der Waals surface area contributed by atoms with E-state index >= 15 is 0 Å². The average Bonchev–Trinajstić information content (AvgIpc) is 2.83. The number of benzene rings is 1. The molecule has 7 heteroatoms. The smallest absolute Gasteiger partial charge is 0.344 e. The summed E-state index contributed by atoms with van der Waals surface area (Å²) in [5.41, 5.74) is 0.329. The first-order valence-corrected chi connectivity index (χ1v) is 9.25. The fourth-order valence-corrected chi connectivity index (χ4v) is 4.05. The van der Waals surface area contributed by atoms with Gasteiger partial charge >= 0.3 is 13.6 Å². The highest BCUT2D eigenvalue weighted by atomic mass is 31.2. The Hall–Kier alpha value is -1.49. The maximum Gasteiger partial charge on any atom is 0.344 e. The quantitative estimate of drug-likeness (QED) is 0.561. The second-order valence-corrected chi connectivity index (χ2v) is 7.57. The van der Waals surface area contributed by atoms with Gasteiger partial charge in [-0.15, -0.1) is 0 Å². The highest BCUT2D eigenvalue weighted by molar-refractivity contribution is 7.55. The lowest BCUT2D eigenvalue weighted by molar-refractivity contribution is -0.146. The molecule has 1 aromatic rings. The normalized spacial score (nSPS) is 18.6. The second kappa shape index (κ2) is 7.39. The van der Waals surface area contributed by atoms with Gasteiger partial charge in [-0.05, 0) is 26.3 Å². The average molecular weight is 340 g/mol. The minimum Gasteiger partial charge on any atom is -0.453 e. The number of esters is 1. The third-order valence-corrected chi connectivity index (χ3v) is 6.07. The lowest BCUT2D eigenvalue weighted by atomic mass is 10.1. The molecule has 0 spiro atoms. The van der Waals surface area contributed by atoms with Crippen LogP contribution >= 0.6 is 7.60 Å². The Bertz CT molecular complexity index is 631. The predicted molar refractivity (Wildman–Crippen MR) is 84.7 cm³/mol. The summed E-state index contributed by atoms with van der Waals surface area (Å²) in [5, 5.41) is 0. The third-order valence-electron chi connectivity index (χ3n) is 3.67. The van der Waals surface area contributed by atoms with E-state index in [4.69, 9.17) is 13.8 Å². The minimum atomic E-state index is -3.60. The molecule has 1 aliphatic rings. The van der Waals surface area contributed by atoms with Crippen molar-refractivity contribution < 1.29 is 27.9 Å². The maximum atomic E-state index is 12.6. The van der Waals surface area contributed by atoms with Crippen LogP contribution in [0.4, 0.5) is 0 Å². The zero-order valence-electron chi connectivity index (χ0n) is 13.5. The second-order valence-electron chi connectivity index (χ2n) is 5.20. The Labute approximate surface area is 135 Å². The van der Waals surface area contributed by atoms with Crippen molar-refractivity contribution in [3.8, 4) is 0 Å². The van der Waals surface area contributed by atoms with Gasteiger partial charge in [-0.2, -0.15) is 0 Å². The first-order valence-electron chi connectivity index (χ1n) is 7.64. The number of Topliss-reactive ketones (excluding diaryl/α,β-unsaturated/α-hetero) is 1. The van der Waals surface area contributed by atoms with Crippen LogP contribution in [-0.4, -0.2) is 36.7 Å². The van der Waals surface area contributed by atoms with Crippen molar-refractivity contribution in [3.63, 3.8) is 0 Å². The summed E-state index contributed by atoms with van der Waals surface area (Å²) in [7, 11) is -3.60. The van der Waals surface area contributed by atoms with Gasteiger partial charge in [0.25, 0.3) is 0 Å². The molecule has 0 saturated carbocycles. The number of carbonyl (C=O) groups is 2. The molecule has 2 unspecified atom stereocenters. The fraction of sp³-hybridized carbons (Fsp3) is 0.500. The standard InChI is InChI=1S/C16H21O6P/c1-4-20-23(19,21-5-2)11(3)16(18)22-14-10-12-8-6-7-9-13(12)15(14)17/h6-9,11,14H,4-5,10H2,1-3H3. The van der Waals surface area contributed by atoms with Crippen molar-refractivity contribution in [3.05, 3.63) is 35.4 Å². The van der Waals surface area contributed by atoms with Crippen LogP contribution < -0.4 is 0 Å². The van der Waals surface area contributed by atoms with Crippen LogP contribution in [-0.2, 0) is 29.6 Å². The molecular weight excluding hydrogens is 319 g/mol. The Morgan fingerprint density at radius 1 is 1.26 bits per heavy atom. The first-order chi connectivity index (χ1) is 10.9. The molecule has 6 nitrogen and oxygen atoms in total. The zero-order chi connectivity index (χ0) is 17.0.